The zero-order valence-corrected chi connectivity index (χ0v) is 16.5. The van der Waals surface area contributed by atoms with E-state index in [1.165, 1.54) is 16.4 Å². The predicted molar refractivity (Wildman–Crippen MR) is 98.6 cm³/mol. The summed E-state index contributed by atoms with van der Waals surface area (Å²) in [5.41, 5.74) is -0.446. The van der Waals surface area contributed by atoms with Crippen LogP contribution in [0.2, 0.25) is 0 Å². The second-order valence-corrected chi connectivity index (χ2v) is 8.71. The molecule has 0 heterocycles. The number of rotatable bonds is 7. The monoisotopic (exact) mass is 423 g/mol. The number of benzene rings is 1. The van der Waals surface area contributed by atoms with Crippen LogP contribution < -0.4 is 5.32 Å². The number of nitrogens with zero attached hydrogens (tertiary/aromatic N) is 2. The summed E-state index contributed by atoms with van der Waals surface area (Å²) in [7, 11) is -3.88. The highest BCUT2D eigenvalue weighted by Crippen LogP contribution is 2.39. The Hall–Kier alpha value is -1.88. The molecule has 1 aliphatic carbocycles. The summed E-state index contributed by atoms with van der Waals surface area (Å²) < 4.78 is 65.3. The normalized spacial score (nSPS) is 20.9. The molecule has 0 radical (unpaired) electrons. The van der Waals surface area contributed by atoms with Gasteiger partial charge in [-0.25, -0.2) is 8.42 Å². The number of hydrogen-bond donors (Lipinski definition) is 1. The minimum Gasteiger partial charge on any atom is -0.377 e. The summed E-state index contributed by atoms with van der Waals surface area (Å²) in [5, 5.41) is 14.3. The largest absolute Gasteiger partial charge is 0.391 e. The molecule has 1 aromatic rings. The third-order valence-corrected chi connectivity index (χ3v) is 7.05. The van der Waals surface area contributed by atoms with Crippen LogP contribution in [0.1, 0.15) is 39.5 Å². The molecule has 1 N–H and O–H groups in total. The van der Waals surface area contributed by atoms with E-state index in [2.05, 4.69) is 5.32 Å². The third kappa shape index (κ3) is 4.93. The lowest BCUT2D eigenvalue weighted by atomic mass is 9.85. The van der Waals surface area contributed by atoms with Gasteiger partial charge in [0.1, 0.15) is 5.69 Å². The first-order valence-electron chi connectivity index (χ1n) is 9.12. The van der Waals surface area contributed by atoms with Gasteiger partial charge in [-0.2, -0.15) is 17.5 Å². The van der Waals surface area contributed by atoms with E-state index in [-0.39, 0.29) is 36.5 Å². The van der Waals surface area contributed by atoms with Crippen molar-refractivity contribution in [1.29, 1.82) is 0 Å². The fraction of sp³-hybridized carbons (Fsp3) is 0.647. The molecular formula is C17H24F3N3O4S. The Kier molecular flexibility index (Phi) is 6.92. The second kappa shape index (κ2) is 8.64. The molecule has 28 heavy (non-hydrogen) atoms. The van der Waals surface area contributed by atoms with Gasteiger partial charge in [-0.15, -0.1) is 0 Å². The molecule has 0 aliphatic heterocycles. The molecule has 2 unspecified atom stereocenters. The Bertz CT molecular complexity index is 810. The van der Waals surface area contributed by atoms with Gasteiger partial charge < -0.3 is 5.32 Å². The SMILES string of the molecule is CCN(CC)S(=O)(=O)c1ccc(NC2CCCC(C(F)(F)F)C2)c([N+](=O)[O-])c1. The molecule has 1 aromatic carbocycles. The molecule has 1 saturated carbocycles. The van der Waals surface area contributed by atoms with Crippen molar-refractivity contribution in [2.75, 3.05) is 18.4 Å². The molecule has 158 valence electrons. The van der Waals surface area contributed by atoms with Crippen LogP contribution in [-0.2, 0) is 10.0 Å². The van der Waals surface area contributed by atoms with Crippen molar-refractivity contribution < 1.29 is 26.5 Å². The van der Waals surface area contributed by atoms with Gasteiger partial charge in [-0.3, -0.25) is 10.1 Å². The molecule has 0 spiro atoms. The highest BCUT2D eigenvalue weighted by atomic mass is 32.2. The van der Waals surface area contributed by atoms with Gasteiger partial charge in [0, 0.05) is 25.2 Å². The number of hydrogen-bond acceptors (Lipinski definition) is 5. The lowest BCUT2D eigenvalue weighted by Crippen LogP contribution is -2.34. The number of anilines is 1. The van der Waals surface area contributed by atoms with Gasteiger partial charge in [0.15, 0.2) is 0 Å². The fourth-order valence-electron chi connectivity index (χ4n) is 3.50. The Labute approximate surface area is 162 Å². The van der Waals surface area contributed by atoms with Gasteiger partial charge in [0.05, 0.1) is 15.7 Å². The molecular weight excluding hydrogens is 399 g/mol. The van der Waals surface area contributed by atoms with Gasteiger partial charge in [-0.1, -0.05) is 20.3 Å². The first kappa shape index (κ1) is 22.4. The summed E-state index contributed by atoms with van der Waals surface area (Å²) in [4.78, 5) is 10.5. The highest BCUT2D eigenvalue weighted by molar-refractivity contribution is 7.89. The van der Waals surface area contributed by atoms with Crippen molar-refractivity contribution in [3.05, 3.63) is 28.3 Å². The zero-order chi connectivity index (χ0) is 21.1. The van der Waals surface area contributed by atoms with Crippen LogP contribution in [0.3, 0.4) is 0 Å². The topological polar surface area (TPSA) is 92.6 Å². The van der Waals surface area contributed by atoms with Crippen LogP contribution in [0.15, 0.2) is 23.1 Å². The Morgan fingerprint density at radius 3 is 2.43 bits per heavy atom. The number of nitro groups is 1. The highest BCUT2D eigenvalue weighted by Gasteiger charge is 2.42. The lowest BCUT2D eigenvalue weighted by Gasteiger charge is -2.31. The van der Waals surface area contributed by atoms with Crippen molar-refractivity contribution in [3.63, 3.8) is 0 Å². The number of nitro benzene ring substituents is 1. The van der Waals surface area contributed by atoms with E-state index in [1.807, 2.05) is 0 Å². The van der Waals surface area contributed by atoms with Crippen LogP contribution >= 0.6 is 0 Å². The predicted octanol–water partition coefficient (Wildman–Crippen LogP) is 4.16. The molecule has 0 amide bonds. The molecule has 0 bridgehead atoms. The maximum Gasteiger partial charge on any atom is 0.391 e. The quantitative estimate of drug-likeness (QED) is 0.525. The maximum atomic E-state index is 13.0. The van der Waals surface area contributed by atoms with Crippen LogP contribution in [-0.4, -0.2) is 43.0 Å². The van der Waals surface area contributed by atoms with Gasteiger partial charge in [0.2, 0.25) is 10.0 Å². The standard InChI is InChI=1S/C17H24F3N3O4S/c1-3-22(4-2)28(26,27)14-8-9-15(16(11-14)23(24)25)21-13-7-5-6-12(10-13)17(18,19)20/h8-9,11-13,21H,3-7,10H2,1-2H3. The van der Waals surface area contributed by atoms with Crippen molar-refractivity contribution in [1.82, 2.24) is 4.31 Å². The van der Waals surface area contributed by atoms with Gasteiger partial charge >= 0.3 is 6.18 Å². The number of alkyl halides is 3. The average molecular weight is 423 g/mol. The minimum absolute atomic E-state index is 0.0244. The zero-order valence-electron chi connectivity index (χ0n) is 15.7. The van der Waals surface area contributed by atoms with Crippen LogP contribution in [0, 0.1) is 16.0 Å². The van der Waals surface area contributed by atoms with Crippen molar-refractivity contribution >= 4 is 21.4 Å². The van der Waals surface area contributed by atoms with E-state index in [0.717, 1.165) is 6.07 Å². The molecule has 1 aliphatic rings. The first-order chi connectivity index (χ1) is 13.0. The second-order valence-electron chi connectivity index (χ2n) is 6.77. The number of nitrogens with one attached hydrogen (secondary N) is 1. The van der Waals surface area contributed by atoms with E-state index in [9.17, 15) is 31.7 Å². The Balaban J connectivity index is 2.30. The molecule has 2 atom stereocenters. The van der Waals surface area contributed by atoms with Gasteiger partial charge in [0.25, 0.3) is 5.69 Å². The smallest absolute Gasteiger partial charge is 0.377 e. The number of halogens is 3. The molecule has 1 fully saturated rings. The molecule has 11 heteroatoms. The van der Waals surface area contributed by atoms with Crippen LogP contribution in [0.4, 0.5) is 24.5 Å². The summed E-state index contributed by atoms with van der Waals surface area (Å²) in [6.45, 7) is 3.75. The summed E-state index contributed by atoms with van der Waals surface area (Å²) in [6.07, 6.45) is -3.59. The van der Waals surface area contributed by atoms with Crippen LogP contribution in [0.25, 0.3) is 0 Å². The number of sulfonamides is 1. The van der Waals surface area contributed by atoms with Gasteiger partial charge in [-0.05, 0) is 31.4 Å². The molecule has 0 saturated heterocycles. The van der Waals surface area contributed by atoms with E-state index >= 15 is 0 Å². The van der Waals surface area contributed by atoms with Crippen LogP contribution in [0.5, 0.6) is 0 Å². The maximum absolute atomic E-state index is 13.0. The van der Waals surface area contributed by atoms with Crippen molar-refractivity contribution in [2.24, 2.45) is 5.92 Å². The van der Waals surface area contributed by atoms with E-state index in [4.69, 9.17) is 0 Å². The van der Waals surface area contributed by atoms with Crippen molar-refractivity contribution in [3.8, 4) is 0 Å². The Morgan fingerprint density at radius 2 is 1.89 bits per heavy atom. The van der Waals surface area contributed by atoms with Crippen molar-refractivity contribution in [2.45, 2.75) is 56.6 Å². The fourth-order valence-corrected chi connectivity index (χ4v) is 4.97. The summed E-state index contributed by atoms with van der Waals surface area (Å²) in [6, 6.07) is 2.89. The van der Waals surface area contributed by atoms with E-state index in [0.29, 0.717) is 12.8 Å². The molecule has 0 aromatic heterocycles. The Morgan fingerprint density at radius 1 is 1.25 bits per heavy atom. The molecule has 2 rings (SSSR count). The average Bonchev–Trinajstić information content (AvgIpc) is 2.62. The molecule has 7 nitrogen and oxygen atoms in total. The lowest BCUT2D eigenvalue weighted by molar-refractivity contribution is -0.384. The summed E-state index contributed by atoms with van der Waals surface area (Å²) in [5.74, 6) is -1.44. The van der Waals surface area contributed by atoms with E-state index < -0.39 is 38.8 Å². The summed E-state index contributed by atoms with van der Waals surface area (Å²) >= 11 is 0. The van der Waals surface area contributed by atoms with E-state index in [1.54, 1.807) is 13.8 Å². The third-order valence-electron chi connectivity index (χ3n) is 5.01. The first-order valence-corrected chi connectivity index (χ1v) is 10.6. The minimum atomic E-state index is -4.30.